The van der Waals surface area contributed by atoms with E-state index in [1.807, 2.05) is 36.4 Å². The fraction of sp³-hybridized carbons (Fsp3) is 0.391. The van der Waals surface area contributed by atoms with Crippen LogP contribution in [-0.2, 0) is 16.0 Å². The van der Waals surface area contributed by atoms with Crippen LogP contribution < -0.4 is 5.32 Å². The van der Waals surface area contributed by atoms with E-state index in [1.165, 1.54) is 12.5 Å². The molecule has 3 rings (SSSR count). The minimum absolute atomic E-state index is 0.0246. The predicted octanol–water partition coefficient (Wildman–Crippen LogP) is 4.32. The second-order valence-corrected chi connectivity index (χ2v) is 8.17. The third-order valence-corrected chi connectivity index (χ3v) is 4.77. The van der Waals surface area contributed by atoms with Crippen molar-refractivity contribution < 1.29 is 9.53 Å². The minimum atomic E-state index is -0.262. The third kappa shape index (κ3) is 4.76. The zero-order valence-electron chi connectivity index (χ0n) is 16.5. The van der Waals surface area contributed by atoms with Crippen LogP contribution in [0.25, 0.3) is 0 Å². The molecule has 2 aromatic rings. The van der Waals surface area contributed by atoms with Crippen molar-refractivity contribution in [3.05, 3.63) is 71.8 Å². The molecule has 1 unspecified atom stereocenters. The fourth-order valence-electron chi connectivity index (χ4n) is 3.41. The first kappa shape index (κ1) is 19.2. The van der Waals surface area contributed by atoms with Crippen molar-refractivity contribution in [2.75, 3.05) is 0 Å². The van der Waals surface area contributed by atoms with Crippen molar-refractivity contribution in [1.82, 2.24) is 5.32 Å². The number of benzene rings is 2. The molecule has 27 heavy (non-hydrogen) atoms. The van der Waals surface area contributed by atoms with Crippen molar-refractivity contribution in [2.24, 2.45) is 10.4 Å². The van der Waals surface area contributed by atoms with Crippen molar-refractivity contribution in [2.45, 2.75) is 52.3 Å². The van der Waals surface area contributed by atoms with Crippen LogP contribution in [-0.4, -0.2) is 23.9 Å². The molecule has 1 heterocycles. The largest absolute Gasteiger partial charge is 0.469 e. The zero-order chi connectivity index (χ0) is 19.4. The Kier molecular flexibility index (Phi) is 5.64. The average Bonchev–Trinajstić information content (AvgIpc) is 3.03. The molecule has 1 N–H and O–H groups in total. The number of rotatable bonds is 5. The van der Waals surface area contributed by atoms with Gasteiger partial charge in [0, 0.05) is 6.92 Å². The Labute approximate surface area is 161 Å². The van der Waals surface area contributed by atoms with Gasteiger partial charge in [-0.15, -0.1) is 0 Å². The monoisotopic (exact) mass is 364 g/mol. The van der Waals surface area contributed by atoms with Crippen LogP contribution in [0.1, 0.15) is 44.9 Å². The van der Waals surface area contributed by atoms with Crippen molar-refractivity contribution >= 4 is 11.8 Å². The van der Waals surface area contributed by atoms with Crippen LogP contribution in [0.2, 0.25) is 0 Å². The summed E-state index contributed by atoms with van der Waals surface area (Å²) in [6, 6.07) is 20.2. The fourth-order valence-corrected chi connectivity index (χ4v) is 3.41. The second kappa shape index (κ2) is 7.95. The molecule has 0 saturated heterocycles. The molecule has 142 valence electrons. The lowest BCUT2D eigenvalue weighted by atomic mass is 9.86. The van der Waals surface area contributed by atoms with E-state index < -0.39 is 0 Å². The molecule has 1 aliphatic rings. The summed E-state index contributed by atoms with van der Waals surface area (Å²) in [4.78, 5) is 16.7. The maximum atomic E-state index is 11.8. The maximum absolute atomic E-state index is 11.8. The van der Waals surface area contributed by atoms with Gasteiger partial charge in [-0.1, -0.05) is 81.4 Å². The molecule has 2 aromatic carbocycles. The number of hydrogen-bond acceptors (Lipinski definition) is 3. The van der Waals surface area contributed by atoms with Crippen molar-refractivity contribution in [1.29, 1.82) is 0 Å². The van der Waals surface area contributed by atoms with Crippen LogP contribution in [0.4, 0.5) is 0 Å². The Hall–Kier alpha value is -2.62. The van der Waals surface area contributed by atoms with Crippen LogP contribution >= 0.6 is 0 Å². The van der Waals surface area contributed by atoms with E-state index >= 15 is 0 Å². The molecule has 1 aliphatic heterocycles. The number of nitrogens with zero attached hydrogens (tertiary/aromatic N) is 1. The second-order valence-electron chi connectivity index (χ2n) is 8.17. The number of hydrogen-bond donors (Lipinski definition) is 1. The normalized spacial score (nSPS) is 20.5. The van der Waals surface area contributed by atoms with Crippen molar-refractivity contribution in [3.8, 4) is 0 Å². The Bertz CT molecular complexity index is 794. The first-order chi connectivity index (χ1) is 12.8. The van der Waals surface area contributed by atoms with Gasteiger partial charge in [-0.25, -0.2) is 4.99 Å². The number of amides is 1. The molecule has 0 spiro atoms. The number of aliphatic imine (C=N–C) groups is 1. The Morgan fingerprint density at radius 3 is 2.22 bits per heavy atom. The zero-order valence-corrected chi connectivity index (χ0v) is 16.5. The van der Waals surface area contributed by atoms with Crippen LogP contribution in [0, 0.1) is 5.41 Å². The summed E-state index contributed by atoms with van der Waals surface area (Å²) in [6.07, 6.45) is 0.640. The molecule has 0 radical (unpaired) electrons. The highest BCUT2D eigenvalue weighted by Gasteiger charge is 2.40. The van der Waals surface area contributed by atoms with Gasteiger partial charge in [0.2, 0.25) is 11.8 Å². The first-order valence-corrected chi connectivity index (χ1v) is 9.45. The quantitative estimate of drug-likeness (QED) is 0.859. The van der Waals surface area contributed by atoms with Gasteiger partial charge in [0.1, 0.15) is 12.1 Å². The summed E-state index contributed by atoms with van der Waals surface area (Å²) in [5.74, 6) is 0.538. The number of nitrogens with one attached hydrogen (secondary N) is 1. The lowest BCUT2D eigenvalue weighted by molar-refractivity contribution is -0.120. The molecular formula is C23H28N2O2. The number of carbonyl (C=O) groups is 1. The predicted molar refractivity (Wildman–Crippen MR) is 109 cm³/mol. The van der Waals surface area contributed by atoms with Crippen LogP contribution in [0.15, 0.2) is 65.7 Å². The van der Waals surface area contributed by atoms with Gasteiger partial charge < -0.3 is 10.1 Å². The van der Waals surface area contributed by atoms with E-state index in [1.54, 1.807) is 0 Å². The van der Waals surface area contributed by atoms with Gasteiger partial charge in [0.25, 0.3) is 0 Å². The number of carbonyl (C=O) groups excluding carboxylic acids is 1. The topological polar surface area (TPSA) is 50.7 Å². The summed E-state index contributed by atoms with van der Waals surface area (Å²) >= 11 is 0. The van der Waals surface area contributed by atoms with Crippen LogP contribution in [0.3, 0.4) is 0 Å². The lowest BCUT2D eigenvalue weighted by Gasteiger charge is -2.31. The molecular weight excluding hydrogens is 336 g/mol. The lowest BCUT2D eigenvalue weighted by Crippen LogP contribution is -2.48. The highest BCUT2D eigenvalue weighted by atomic mass is 16.5. The molecule has 0 bridgehead atoms. The van der Waals surface area contributed by atoms with Gasteiger partial charge >= 0.3 is 0 Å². The smallest absolute Gasteiger partial charge is 0.217 e. The van der Waals surface area contributed by atoms with Crippen molar-refractivity contribution in [3.63, 3.8) is 0 Å². The molecule has 1 amide bonds. The highest BCUT2D eigenvalue weighted by molar-refractivity contribution is 5.89. The molecule has 0 aliphatic carbocycles. The Balaban J connectivity index is 1.92. The summed E-state index contributed by atoms with van der Waals surface area (Å²) in [6.45, 7) is 7.79. The molecule has 3 atom stereocenters. The molecule has 0 aromatic heterocycles. The third-order valence-electron chi connectivity index (χ3n) is 4.77. The number of ether oxygens (including phenoxy) is 1. The highest BCUT2D eigenvalue weighted by Crippen LogP contribution is 2.35. The van der Waals surface area contributed by atoms with Gasteiger partial charge in [0.15, 0.2) is 0 Å². The molecule has 4 nitrogen and oxygen atoms in total. The Morgan fingerprint density at radius 2 is 1.67 bits per heavy atom. The van der Waals surface area contributed by atoms with Gasteiger partial charge in [-0.3, -0.25) is 4.79 Å². The van der Waals surface area contributed by atoms with E-state index in [0.29, 0.717) is 5.90 Å². The van der Waals surface area contributed by atoms with E-state index in [-0.39, 0.29) is 29.5 Å². The van der Waals surface area contributed by atoms with E-state index in [0.717, 1.165) is 12.0 Å². The maximum Gasteiger partial charge on any atom is 0.217 e. The first-order valence-electron chi connectivity index (χ1n) is 9.45. The SMILES string of the molecule is CC(=O)NC(C1=N[C@@H](Cc2ccccc2)[C@H](c2ccccc2)O1)C(C)(C)C. The van der Waals surface area contributed by atoms with E-state index in [2.05, 4.69) is 50.4 Å². The van der Waals surface area contributed by atoms with Gasteiger partial charge in [-0.05, 0) is 23.0 Å². The molecule has 0 saturated carbocycles. The summed E-state index contributed by atoms with van der Waals surface area (Å²) in [7, 11) is 0. The molecule has 0 fully saturated rings. The summed E-state index contributed by atoms with van der Waals surface area (Å²) in [5, 5.41) is 3.02. The van der Waals surface area contributed by atoms with E-state index in [4.69, 9.17) is 9.73 Å². The van der Waals surface area contributed by atoms with Gasteiger partial charge in [0.05, 0.1) is 6.04 Å². The van der Waals surface area contributed by atoms with Crippen LogP contribution in [0.5, 0.6) is 0 Å². The minimum Gasteiger partial charge on any atom is -0.469 e. The standard InChI is InChI=1S/C23H28N2O2/c1-16(26)24-21(23(2,3)4)22-25-19(15-17-11-7-5-8-12-17)20(27-22)18-13-9-6-10-14-18/h5-14,19-21H,15H2,1-4H3,(H,24,26)/t19-,20-,21?/m0/s1. The average molecular weight is 364 g/mol. The van der Waals surface area contributed by atoms with Gasteiger partial charge in [-0.2, -0.15) is 0 Å². The summed E-state index contributed by atoms with van der Waals surface area (Å²) < 4.78 is 6.36. The Morgan fingerprint density at radius 1 is 1.07 bits per heavy atom. The summed E-state index contributed by atoms with van der Waals surface area (Å²) in [5.41, 5.74) is 2.13. The van der Waals surface area contributed by atoms with E-state index in [9.17, 15) is 4.79 Å². The molecule has 4 heteroatoms.